The van der Waals surface area contributed by atoms with Crippen molar-refractivity contribution in [2.75, 3.05) is 18.8 Å². The summed E-state index contributed by atoms with van der Waals surface area (Å²) < 4.78 is -1.27. The molecule has 0 bridgehead atoms. The normalized spacial score (nSPS) is 14.5. The second-order valence-corrected chi connectivity index (χ2v) is 23.6. The Labute approximate surface area is 509 Å². The highest BCUT2D eigenvalue weighted by Gasteiger charge is 2.44. The Hall–Kier alpha value is -6.99. The third kappa shape index (κ3) is 22.1. The molecule has 1 unspecified atom stereocenters. The summed E-state index contributed by atoms with van der Waals surface area (Å²) in [6, 6.07) is 13.0. The molecule has 4 rings (SSSR count). The number of carbonyl (C=O) groups is 9. The van der Waals surface area contributed by atoms with Crippen LogP contribution in [-0.4, -0.2) is 146 Å². The maximum Gasteiger partial charge on any atom is 0.246 e. The van der Waals surface area contributed by atoms with E-state index in [-0.39, 0.29) is 75.3 Å². The number of hydrogen-bond donors (Lipinski definition) is 15. The summed E-state index contributed by atoms with van der Waals surface area (Å²) in [5.74, 6) is -6.85. The number of Topliss-reactive ketones (excluding diaryl/α,β-unsaturated/α-hetero) is 1. The zero-order chi connectivity index (χ0) is 62.9. The van der Waals surface area contributed by atoms with Gasteiger partial charge in [-0.05, 0) is 101 Å². The van der Waals surface area contributed by atoms with Gasteiger partial charge in [-0.15, -0.1) is 0 Å². The molecule has 0 radical (unpaired) electrons. The lowest BCUT2D eigenvalue weighted by Crippen LogP contribution is -2.67. The minimum atomic E-state index is -1.69. The molecule has 22 nitrogen and oxygen atoms in total. The van der Waals surface area contributed by atoms with Crippen LogP contribution in [0.5, 0.6) is 5.75 Å². The van der Waals surface area contributed by atoms with Gasteiger partial charge >= 0.3 is 0 Å². The molecule has 0 saturated heterocycles. The topological polar surface area (TPSA) is 358 Å². The maximum atomic E-state index is 14.9. The first-order valence-corrected chi connectivity index (χ1v) is 30.3. The van der Waals surface area contributed by atoms with Gasteiger partial charge in [0.2, 0.25) is 47.3 Å². The van der Waals surface area contributed by atoms with Crippen molar-refractivity contribution in [3.05, 3.63) is 102 Å². The zero-order valence-corrected chi connectivity index (χ0v) is 51.4. The van der Waals surface area contributed by atoms with Gasteiger partial charge in [0.15, 0.2) is 0 Å². The summed E-state index contributed by atoms with van der Waals surface area (Å²) in [5.41, 5.74) is 12.3. The molecule has 0 aliphatic rings. The number of phenolic OH excluding ortho intramolecular Hbond substituents is 1. The summed E-state index contributed by atoms with van der Waals surface area (Å²) in [6.45, 7) is 9.77. The molecule has 0 spiro atoms. The largest absolute Gasteiger partial charge is 0.508 e. The van der Waals surface area contributed by atoms with Crippen LogP contribution in [0.1, 0.15) is 122 Å². The molecular weight excluding hydrogens is 1130 g/mol. The number of para-hydroxylation sites is 1. The van der Waals surface area contributed by atoms with Crippen LogP contribution in [-0.2, 0) is 62.4 Å². The monoisotopic (exact) mass is 1220 g/mol. The van der Waals surface area contributed by atoms with Gasteiger partial charge in [-0.25, -0.2) is 0 Å². The van der Waals surface area contributed by atoms with Gasteiger partial charge in [-0.3, -0.25) is 48.5 Å². The van der Waals surface area contributed by atoms with Gasteiger partial charge in [0, 0.05) is 46.9 Å². The first kappa shape index (κ1) is 70.5. The number of carbonyl (C=O) groups excluding carboxylic acids is 9. The Morgan fingerprint density at radius 1 is 0.635 bits per heavy atom. The van der Waals surface area contributed by atoms with Crippen molar-refractivity contribution in [1.29, 1.82) is 0 Å². The van der Waals surface area contributed by atoms with Crippen molar-refractivity contribution in [3.63, 3.8) is 0 Å². The number of aromatic amines is 1. The fraction of sp³-hybridized carbons (Fsp3) is 0.525. The fourth-order valence-electron chi connectivity index (χ4n) is 9.67. The van der Waals surface area contributed by atoms with E-state index in [2.05, 4.69) is 79.7 Å². The average molecular weight is 1220 g/mol. The van der Waals surface area contributed by atoms with Crippen LogP contribution >= 0.6 is 25.3 Å². The average Bonchev–Trinajstić information content (AvgIpc) is 4.06. The van der Waals surface area contributed by atoms with Crippen molar-refractivity contribution in [2.45, 2.75) is 184 Å². The van der Waals surface area contributed by atoms with E-state index in [0.717, 1.165) is 48.6 Å². The summed E-state index contributed by atoms with van der Waals surface area (Å²) in [6.07, 6.45) is 5.58. The number of benzene rings is 3. The maximum absolute atomic E-state index is 14.9. The number of rotatable bonds is 38. The lowest BCUT2D eigenvalue weighted by Gasteiger charge is -2.37. The molecule has 0 aliphatic heterocycles. The molecule has 85 heavy (non-hydrogen) atoms. The van der Waals surface area contributed by atoms with E-state index in [1.54, 1.807) is 38.2 Å². The van der Waals surface area contributed by atoms with Crippen LogP contribution in [0, 0.1) is 0 Å². The predicted octanol–water partition coefficient (Wildman–Crippen LogP) is 2.62. The molecule has 8 atom stereocenters. The van der Waals surface area contributed by atoms with E-state index < -0.39 is 106 Å². The van der Waals surface area contributed by atoms with Crippen LogP contribution < -0.4 is 54.0 Å². The number of aliphatic hydroxyl groups excluding tert-OH is 1. The number of primary amides is 1. The molecule has 0 aliphatic carbocycles. The summed E-state index contributed by atoms with van der Waals surface area (Å²) in [4.78, 5) is 129. The van der Waals surface area contributed by atoms with Crippen molar-refractivity contribution < 1.29 is 53.4 Å². The third-order valence-electron chi connectivity index (χ3n) is 14.9. The Balaban J connectivity index is 1.66. The van der Waals surface area contributed by atoms with Gasteiger partial charge in [0.05, 0.1) is 18.7 Å². The standard InChI is InChI=1S/C61H89N11O11S2/c1-7-10-11-12-16-22-42(75)35-65-46(31-38-20-14-13-15-21-38)53(77)69-49(36-84)56(80)67-47(32-39-26-28-41(74)29-27-39)54(78)68-48(33-40-34-64-44-24-18-17-23-43(40)44)55(79)66-45(25-19-30-62)57(81)72-61(8-2,9-3)59(83)71-51(60(5,6)85)58(82)70-50(37(4)73)52(63)76/h13-15,17-18,20-21,23-24,26-29,34,37,45-51,64-65,73-74,84-85H,7-12,16,19,22,25,30-33,35-36,62H2,1-6H3,(H2,63,76)(H,66,79)(H,67,80)(H,68,78)(H,69,77)(H,70,82)(H,71,83)(H,72,81)/t37-,45+,46-,47+,48-,49+,50+,51?/m1/s1. The first-order chi connectivity index (χ1) is 40.4. The Kier molecular flexibility index (Phi) is 28.9. The van der Waals surface area contributed by atoms with E-state index in [9.17, 15) is 53.4 Å². The first-order valence-electron chi connectivity index (χ1n) is 29.2. The summed E-state index contributed by atoms with van der Waals surface area (Å²) in [5, 5.41) is 43.1. The van der Waals surface area contributed by atoms with E-state index >= 15 is 0 Å². The number of thiol groups is 2. The fourth-order valence-corrected chi connectivity index (χ4v) is 10.1. The zero-order valence-electron chi connectivity index (χ0n) is 49.6. The number of unbranched alkanes of at least 4 members (excludes halogenated alkanes) is 4. The quantitative estimate of drug-likeness (QED) is 0.0227. The lowest BCUT2D eigenvalue weighted by molar-refractivity contribution is -0.139. The van der Waals surface area contributed by atoms with Crippen LogP contribution in [0.3, 0.4) is 0 Å². The number of amides is 8. The number of nitrogens with one attached hydrogen (secondary N) is 9. The summed E-state index contributed by atoms with van der Waals surface area (Å²) >= 11 is 8.98. The van der Waals surface area contributed by atoms with Gasteiger partial charge in [-0.1, -0.05) is 107 Å². The number of aromatic nitrogens is 1. The predicted molar refractivity (Wildman–Crippen MR) is 333 cm³/mol. The van der Waals surface area contributed by atoms with Gasteiger partial charge in [0.1, 0.15) is 53.3 Å². The molecule has 3 aromatic carbocycles. The molecule has 0 fully saturated rings. The number of aliphatic hydroxyl groups is 1. The van der Waals surface area contributed by atoms with Crippen molar-refractivity contribution in [3.8, 4) is 5.75 Å². The number of hydrogen-bond acceptors (Lipinski definition) is 15. The highest BCUT2D eigenvalue weighted by atomic mass is 32.1. The number of ketones is 1. The third-order valence-corrected chi connectivity index (χ3v) is 15.5. The number of H-pyrrole nitrogens is 1. The highest BCUT2D eigenvalue weighted by Crippen LogP contribution is 2.24. The Morgan fingerprint density at radius 2 is 1.19 bits per heavy atom. The van der Waals surface area contributed by atoms with Crippen molar-refractivity contribution in [2.24, 2.45) is 11.5 Å². The molecule has 0 saturated carbocycles. The summed E-state index contributed by atoms with van der Waals surface area (Å²) in [7, 11) is 0. The van der Waals surface area contributed by atoms with Gasteiger partial charge in [-0.2, -0.15) is 25.3 Å². The van der Waals surface area contributed by atoms with Crippen LogP contribution in [0.25, 0.3) is 10.9 Å². The molecule has 24 heteroatoms. The number of aromatic hydroxyl groups is 1. The number of phenols is 1. The van der Waals surface area contributed by atoms with E-state index in [0.29, 0.717) is 17.5 Å². The number of fused-ring (bicyclic) bond motifs is 1. The smallest absolute Gasteiger partial charge is 0.246 e. The highest BCUT2D eigenvalue weighted by molar-refractivity contribution is 7.81. The van der Waals surface area contributed by atoms with E-state index in [1.165, 1.54) is 32.9 Å². The molecule has 8 amide bonds. The van der Waals surface area contributed by atoms with E-state index in [1.807, 2.05) is 48.5 Å². The molecule has 1 heterocycles. The molecule has 1 aromatic heterocycles. The van der Waals surface area contributed by atoms with Gasteiger partial charge in [0.25, 0.3) is 0 Å². The van der Waals surface area contributed by atoms with Crippen LogP contribution in [0.4, 0.5) is 0 Å². The van der Waals surface area contributed by atoms with Crippen LogP contribution in [0.2, 0.25) is 0 Å². The molecular formula is C61H89N11O11S2. The van der Waals surface area contributed by atoms with Crippen molar-refractivity contribution >= 4 is 89.2 Å². The minimum Gasteiger partial charge on any atom is -0.508 e. The lowest BCUT2D eigenvalue weighted by atomic mass is 9.89. The SMILES string of the molecule is CCCCCCCC(=O)CN[C@H](Cc1ccccc1)C(=O)N[C@@H](CS)C(=O)N[C@@H](Cc1ccc(O)cc1)C(=O)N[C@H](Cc1c[nH]c2ccccc12)C(=O)N[C@@H](CCCN)C(=O)NC(CC)(CC)C(=O)NC(C(=O)N[C@H](C(N)=O)[C@@H](C)O)C(C)(C)S. The van der Waals surface area contributed by atoms with Gasteiger partial charge < -0.3 is 63.9 Å². The Morgan fingerprint density at radius 3 is 1.78 bits per heavy atom. The van der Waals surface area contributed by atoms with E-state index in [4.69, 9.17) is 11.5 Å². The number of nitrogens with two attached hydrogens (primary N) is 2. The molecule has 4 aromatic rings. The molecule has 466 valence electrons. The second kappa shape index (κ2) is 34.8. The Bertz CT molecular complexity index is 2840. The van der Waals surface area contributed by atoms with Crippen molar-refractivity contribution in [1.82, 2.24) is 47.5 Å². The van der Waals surface area contributed by atoms with Crippen LogP contribution in [0.15, 0.2) is 85.1 Å². The molecule has 15 N–H and O–H groups in total. The second-order valence-electron chi connectivity index (χ2n) is 22.1. The minimum absolute atomic E-state index is 0.00578.